The molecule has 0 spiro atoms. The fourth-order valence-electron chi connectivity index (χ4n) is 2.13. The molecule has 9 heteroatoms. The lowest BCUT2D eigenvalue weighted by Gasteiger charge is -2.10. The molecule has 1 aromatic heterocycles. The molecule has 9 nitrogen and oxygen atoms in total. The highest BCUT2D eigenvalue weighted by Gasteiger charge is 2.31. The van der Waals surface area contributed by atoms with Gasteiger partial charge >= 0.3 is 11.9 Å². The van der Waals surface area contributed by atoms with Crippen LogP contribution in [0.5, 0.6) is 17.2 Å². The number of carbonyl (C=O) groups is 2. The van der Waals surface area contributed by atoms with Gasteiger partial charge in [0.2, 0.25) is 0 Å². The summed E-state index contributed by atoms with van der Waals surface area (Å²) in [5, 5.41) is 37.9. The van der Waals surface area contributed by atoms with Crippen molar-refractivity contribution in [2.45, 2.75) is 0 Å². The monoisotopic (exact) mass is 337 g/mol. The van der Waals surface area contributed by atoms with E-state index in [0.29, 0.717) is 19.0 Å². The normalized spacial score (nSPS) is 10.5. The maximum atomic E-state index is 11.3. The van der Waals surface area contributed by atoms with Crippen molar-refractivity contribution in [2.24, 2.45) is 0 Å². The first-order valence-electron chi connectivity index (χ1n) is 6.73. The van der Waals surface area contributed by atoms with E-state index in [1.807, 2.05) is 0 Å². The molecule has 0 aliphatic carbocycles. The van der Waals surface area contributed by atoms with E-state index in [1.165, 1.54) is 31.4 Å². The number of aromatic carboxylic acids is 2. The predicted molar refractivity (Wildman–Crippen MR) is 80.4 cm³/mol. The average molecular weight is 337 g/mol. The zero-order valence-corrected chi connectivity index (χ0v) is 12.6. The second-order valence-corrected chi connectivity index (χ2v) is 4.68. The van der Waals surface area contributed by atoms with E-state index in [4.69, 9.17) is 9.47 Å². The number of carboxylic acid groups (broad SMARTS) is 2. The summed E-state index contributed by atoms with van der Waals surface area (Å²) in [5.41, 5.74) is -1.38. The van der Waals surface area contributed by atoms with E-state index in [1.54, 1.807) is 0 Å². The van der Waals surface area contributed by atoms with Gasteiger partial charge < -0.3 is 29.9 Å². The number of ether oxygens (including phenoxy) is 2. The lowest BCUT2D eigenvalue weighted by Crippen LogP contribution is -2.13. The number of hydrogen-bond donors (Lipinski definition) is 4. The Hall–Kier alpha value is -3.20. The molecule has 0 bridgehead atoms. The Morgan fingerprint density at radius 3 is 1.88 bits per heavy atom. The van der Waals surface area contributed by atoms with Gasteiger partial charge in [-0.05, 0) is 24.3 Å². The number of benzene rings is 1. The van der Waals surface area contributed by atoms with E-state index >= 15 is 0 Å². The summed E-state index contributed by atoms with van der Waals surface area (Å²) >= 11 is 0. The Labute approximate surface area is 135 Å². The van der Waals surface area contributed by atoms with Gasteiger partial charge in [0, 0.05) is 12.8 Å². The SMILES string of the molecule is COCCOc1ccc(-n2c(C(=O)O)c(O)c(O)c2C(=O)O)cc1. The minimum Gasteiger partial charge on any atom is -0.503 e. The van der Waals surface area contributed by atoms with Crippen molar-refractivity contribution in [3.63, 3.8) is 0 Å². The van der Waals surface area contributed by atoms with Crippen molar-refractivity contribution in [1.29, 1.82) is 0 Å². The van der Waals surface area contributed by atoms with Crippen LogP contribution in [0.1, 0.15) is 21.0 Å². The molecule has 1 heterocycles. The molecule has 2 aromatic rings. The zero-order valence-electron chi connectivity index (χ0n) is 12.6. The van der Waals surface area contributed by atoms with E-state index < -0.39 is 34.8 Å². The van der Waals surface area contributed by atoms with E-state index in [-0.39, 0.29) is 5.69 Å². The van der Waals surface area contributed by atoms with Crippen molar-refractivity contribution in [1.82, 2.24) is 4.57 Å². The molecule has 0 amide bonds. The Kier molecular flexibility index (Phi) is 4.95. The predicted octanol–water partition coefficient (Wildman–Crippen LogP) is 1.31. The van der Waals surface area contributed by atoms with Crippen molar-refractivity contribution < 1.29 is 39.5 Å². The van der Waals surface area contributed by atoms with Gasteiger partial charge in [-0.3, -0.25) is 4.57 Å². The third-order valence-electron chi connectivity index (χ3n) is 3.18. The molecule has 1 aromatic carbocycles. The molecule has 0 saturated carbocycles. The molecular weight excluding hydrogens is 322 g/mol. The van der Waals surface area contributed by atoms with Crippen LogP contribution in [0.4, 0.5) is 0 Å². The van der Waals surface area contributed by atoms with Crippen LogP contribution in [-0.2, 0) is 4.74 Å². The van der Waals surface area contributed by atoms with E-state index in [2.05, 4.69) is 0 Å². The summed E-state index contributed by atoms with van der Waals surface area (Å²) in [6.07, 6.45) is 0. The molecule has 0 saturated heterocycles. The van der Waals surface area contributed by atoms with Crippen molar-refractivity contribution >= 4 is 11.9 Å². The Morgan fingerprint density at radius 2 is 1.46 bits per heavy atom. The highest BCUT2D eigenvalue weighted by atomic mass is 16.5. The maximum absolute atomic E-state index is 11.3. The third kappa shape index (κ3) is 3.10. The third-order valence-corrected chi connectivity index (χ3v) is 3.18. The Morgan fingerprint density at radius 1 is 0.958 bits per heavy atom. The Bertz CT molecular complexity index is 725. The summed E-state index contributed by atoms with van der Waals surface area (Å²) in [5.74, 6) is -4.74. The number of methoxy groups -OCH3 is 1. The fourth-order valence-corrected chi connectivity index (χ4v) is 2.13. The highest BCUT2D eigenvalue weighted by Crippen LogP contribution is 2.38. The first kappa shape index (κ1) is 17.2. The van der Waals surface area contributed by atoms with Crippen LogP contribution in [0.2, 0.25) is 0 Å². The standard InChI is InChI=1S/C15H15NO8/c1-23-6-7-24-9-4-2-8(3-5-9)16-10(14(19)20)12(17)13(18)11(16)15(21)22/h2-5,17-18H,6-7H2,1H3,(H,19,20)(H,21,22). The molecule has 0 aliphatic rings. The van der Waals surface area contributed by atoms with E-state index in [9.17, 15) is 30.0 Å². The molecule has 0 atom stereocenters. The number of carboxylic acids is 2. The minimum atomic E-state index is -1.59. The molecule has 0 radical (unpaired) electrons. The van der Waals surface area contributed by atoms with Crippen LogP contribution >= 0.6 is 0 Å². The van der Waals surface area contributed by atoms with Crippen LogP contribution in [0.15, 0.2) is 24.3 Å². The number of hydrogen-bond acceptors (Lipinski definition) is 6. The largest absolute Gasteiger partial charge is 0.503 e. The van der Waals surface area contributed by atoms with Crippen LogP contribution in [0, 0.1) is 0 Å². The fraction of sp³-hybridized carbons (Fsp3) is 0.200. The number of rotatable bonds is 7. The van der Waals surface area contributed by atoms with Gasteiger partial charge in [-0.15, -0.1) is 0 Å². The number of aromatic nitrogens is 1. The van der Waals surface area contributed by atoms with Crippen molar-refractivity contribution in [3.8, 4) is 22.9 Å². The number of aromatic hydroxyl groups is 2. The minimum absolute atomic E-state index is 0.125. The smallest absolute Gasteiger partial charge is 0.356 e. The van der Waals surface area contributed by atoms with Gasteiger partial charge in [-0.25, -0.2) is 9.59 Å². The van der Waals surface area contributed by atoms with Crippen molar-refractivity contribution in [2.75, 3.05) is 20.3 Å². The quantitative estimate of drug-likeness (QED) is 0.555. The molecule has 4 N–H and O–H groups in total. The molecule has 0 aliphatic heterocycles. The lowest BCUT2D eigenvalue weighted by molar-refractivity contribution is 0.0681. The summed E-state index contributed by atoms with van der Waals surface area (Å²) in [6.45, 7) is 0.690. The highest BCUT2D eigenvalue weighted by molar-refractivity contribution is 5.99. The van der Waals surface area contributed by atoms with Gasteiger partial charge in [-0.1, -0.05) is 0 Å². The molecular formula is C15H15NO8. The van der Waals surface area contributed by atoms with Crippen LogP contribution in [-0.4, -0.2) is 57.3 Å². The first-order valence-corrected chi connectivity index (χ1v) is 6.73. The van der Waals surface area contributed by atoms with Crippen LogP contribution in [0.3, 0.4) is 0 Å². The summed E-state index contributed by atoms with van der Waals surface area (Å²) in [6, 6.07) is 5.80. The molecule has 0 unspecified atom stereocenters. The zero-order chi connectivity index (χ0) is 17.9. The second kappa shape index (κ2) is 6.92. The Balaban J connectivity index is 2.49. The second-order valence-electron chi connectivity index (χ2n) is 4.68. The molecule has 24 heavy (non-hydrogen) atoms. The summed E-state index contributed by atoms with van der Waals surface area (Å²) in [4.78, 5) is 22.6. The number of nitrogens with zero attached hydrogens (tertiary/aromatic N) is 1. The van der Waals surface area contributed by atoms with Gasteiger partial charge in [0.1, 0.15) is 12.4 Å². The average Bonchev–Trinajstić information content (AvgIpc) is 2.80. The summed E-state index contributed by atoms with van der Waals surface area (Å²) < 4.78 is 10.9. The lowest BCUT2D eigenvalue weighted by atomic mass is 10.2. The van der Waals surface area contributed by atoms with Crippen LogP contribution < -0.4 is 4.74 Å². The van der Waals surface area contributed by atoms with Gasteiger partial charge in [0.05, 0.1) is 6.61 Å². The van der Waals surface area contributed by atoms with Crippen LogP contribution in [0.25, 0.3) is 5.69 Å². The topological polar surface area (TPSA) is 138 Å². The molecule has 128 valence electrons. The van der Waals surface area contributed by atoms with Gasteiger partial charge in [-0.2, -0.15) is 0 Å². The maximum Gasteiger partial charge on any atom is 0.356 e. The van der Waals surface area contributed by atoms with Crippen molar-refractivity contribution in [3.05, 3.63) is 35.7 Å². The van der Waals surface area contributed by atoms with Gasteiger partial charge in [0.15, 0.2) is 22.9 Å². The molecule has 2 rings (SSSR count). The molecule has 0 fully saturated rings. The first-order chi connectivity index (χ1) is 11.4. The van der Waals surface area contributed by atoms with E-state index in [0.717, 1.165) is 4.57 Å². The summed E-state index contributed by atoms with van der Waals surface area (Å²) in [7, 11) is 1.53. The van der Waals surface area contributed by atoms with Gasteiger partial charge in [0.25, 0.3) is 0 Å².